The number of halogens is 1. The fourth-order valence-corrected chi connectivity index (χ4v) is 3.05. The zero-order valence-electron chi connectivity index (χ0n) is 16.1. The van der Waals surface area contributed by atoms with E-state index in [1.807, 2.05) is 0 Å². The number of carbonyl (C=O) groups excluding carboxylic acids is 2. The van der Waals surface area contributed by atoms with Crippen molar-refractivity contribution < 1.29 is 23.8 Å². The molecule has 8 nitrogen and oxygen atoms in total. The van der Waals surface area contributed by atoms with E-state index in [4.69, 9.17) is 25.8 Å². The van der Waals surface area contributed by atoms with Gasteiger partial charge in [0.25, 0.3) is 5.91 Å². The predicted molar refractivity (Wildman–Crippen MR) is 108 cm³/mol. The van der Waals surface area contributed by atoms with Gasteiger partial charge in [-0.25, -0.2) is 4.99 Å². The lowest BCUT2D eigenvalue weighted by Crippen LogP contribution is -2.47. The first kappa shape index (κ1) is 20.5. The lowest BCUT2D eigenvalue weighted by atomic mass is 10.0. The number of rotatable bonds is 5. The highest BCUT2D eigenvalue weighted by molar-refractivity contribution is 6.30. The van der Waals surface area contributed by atoms with Crippen molar-refractivity contribution in [3.05, 3.63) is 52.5 Å². The molecule has 2 N–H and O–H groups in total. The summed E-state index contributed by atoms with van der Waals surface area (Å²) in [6, 6.07) is 9.66. The predicted octanol–water partition coefficient (Wildman–Crippen LogP) is 2.71. The number of guanidine groups is 1. The molecule has 0 fully saturated rings. The Bertz CT molecular complexity index is 934. The van der Waals surface area contributed by atoms with Gasteiger partial charge in [0.05, 0.1) is 33.8 Å². The summed E-state index contributed by atoms with van der Waals surface area (Å²) in [5.41, 5.74) is 1.08. The number of methoxy groups -OCH3 is 3. The molecule has 1 aliphatic heterocycles. The van der Waals surface area contributed by atoms with E-state index in [0.29, 0.717) is 22.3 Å². The van der Waals surface area contributed by atoms with E-state index in [1.165, 1.54) is 33.5 Å². The maximum Gasteiger partial charge on any atom is 0.258 e. The van der Waals surface area contributed by atoms with Crippen LogP contribution in [0.1, 0.15) is 28.4 Å². The summed E-state index contributed by atoms with van der Waals surface area (Å²) in [5.74, 6) is 0.383. The van der Waals surface area contributed by atoms with Crippen LogP contribution in [0.4, 0.5) is 0 Å². The average molecular weight is 418 g/mol. The number of hydrogen-bond donors (Lipinski definition) is 2. The fourth-order valence-electron chi connectivity index (χ4n) is 2.93. The monoisotopic (exact) mass is 417 g/mol. The van der Waals surface area contributed by atoms with Crippen LogP contribution < -0.4 is 24.8 Å². The first-order chi connectivity index (χ1) is 13.9. The SMILES string of the molecule is COc1cc(C(=O)NC2=N[C@H](c3ccc(Cl)cc3)CC(=O)N2)cc(OC)c1OC. The maximum atomic E-state index is 12.7. The lowest BCUT2D eigenvalue weighted by Gasteiger charge is -2.21. The summed E-state index contributed by atoms with van der Waals surface area (Å²) in [6.07, 6.45) is 0.172. The van der Waals surface area contributed by atoms with E-state index in [-0.39, 0.29) is 23.9 Å². The van der Waals surface area contributed by atoms with Gasteiger partial charge in [0.15, 0.2) is 11.5 Å². The second kappa shape index (κ2) is 8.83. The van der Waals surface area contributed by atoms with Gasteiger partial charge in [-0.2, -0.15) is 0 Å². The molecule has 29 heavy (non-hydrogen) atoms. The lowest BCUT2D eigenvalue weighted by molar-refractivity contribution is -0.120. The first-order valence-corrected chi connectivity index (χ1v) is 9.07. The number of hydrogen-bond acceptors (Lipinski definition) is 6. The Hall–Kier alpha value is -3.26. The molecule has 1 atom stereocenters. The zero-order valence-corrected chi connectivity index (χ0v) is 16.9. The van der Waals surface area contributed by atoms with Gasteiger partial charge >= 0.3 is 0 Å². The van der Waals surface area contributed by atoms with Crippen molar-refractivity contribution in [2.75, 3.05) is 21.3 Å². The van der Waals surface area contributed by atoms with Crippen LogP contribution in [0.2, 0.25) is 5.02 Å². The number of nitrogens with one attached hydrogen (secondary N) is 2. The Balaban J connectivity index is 1.85. The Morgan fingerprint density at radius 2 is 1.72 bits per heavy atom. The first-order valence-electron chi connectivity index (χ1n) is 8.69. The molecule has 0 saturated carbocycles. The molecule has 2 amide bonds. The molecule has 0 unspecified atom stereocenters. The third-order valence-electron chi connectivity index (χ3n) is 4.34. The summed E-state index contributed by atoms with van der Waals surface area (Å²) >= 11 is 5.91. The molecule has 2 aromatic rings. The average Bonchev–Trinajstić information content (AvgIpc) is 2.72. The molecule has 0 spiro atoms. The van der Waals surface area contributed by atoms with Crippen molar-refractivity contribution in [1.82, 2.24) is 10.6 Å². The third-order valence-corrected chi connectivity index (χ3v) is 4.59. The summed E-state index contributed by atoms with van der Waals surface area (Å²) in [7, 11) is 4.39. The molecule has 2 aromatic carbocycles. The Morgan fingerprint density at radius 3 is 2.28 bits per heavy atom. The summed E-state index contributed by atoms with van der Waals surface area (Å²) < 4.78 is 15.8. The van der Waals surface area contributed by atoms with E-state index >= 15 is 0 Å². The van der Waals surface area contributed by atoms with Crippen molar-refractivity contribution in [3.63, 3.8) is 0 Å². The minimum atomic E-state index is -0.486. The van der Waals surface area contributed by atoms with Crippen molar-refractivity contribution in [3.8, 4) is 17.2 Å². The van der Waals surface area contributed by atoms with Crippen LogP contribution >= 0.6 is 11.6 Å². The van der Waals surface area contributed by atoms with Crippen LogP contribution in [0.25, 0.3) is 0 Å². The van der Waals surface area contributed by atoms with Gasteiger partial charge in [0.1, 0.15) is 0 Å². The number of nitrogens with zero attached hydrogens (tertiary/aromatic N) is 1. The fraction of sp³-hybridized carbons (Fsp3) is 0.250. The number of benzene rings is 2. The highest BCUT2D eigenvalue weighted by Crippen LogP contribution is 2.38. The molecule has 0 aliphatic carbocycles. The topological polar surface area (TPSA) is 98.2 Å². The van der Waals surface area contributed by atoms with Crippen LogP contribution in [0.3, 0.4) is 0 Å². The van der Waals surface area contributed by atoms with Gasteiger partial charge in [0, 0.05) is 10.6 Å². The van der Waals surface area contributed by atoms with Gasteiger partial charge in [-0.15, -0.1) is 0 Å². The molecule has 9 heteroatoms. The number of ether oxygens (including phenoxy) is 3. The molecular weight excluding hydrogens is 398 g/mol. The zero-order chi connectivity index (χ0) is 21.0. The van der Waals surface area contributed by atoms with Crippen molar-refractivity contribution >= 4 is 29.4 Å². The highest BCUT2D eigenvalue weighted by Gasteiger charge is 2.24. The minimum absolute atomic E-state index is 0.0694. The largest absolute Gasteiger partial charge is 0.493 e. The molecule has 0 radical (unpaired) electrons. The second-order valence-electron chi connectivity index (χ2n) is 6.17. The Morgan fingerprint density at radius 1 is 1.10 bits per heavy atom. The van der Waals surface area contributed by atoms with Crippen LogP contribution in [0.5, 0.6) is 17.2 Å². The maximum absolute atomic E-state index is 12.7. The second-order valence-corrected chi connectivity index (χ2v) is 6.60. The molecule has 0 bridgehead atoms. The van der Waals surface area contributed by atoms with Gasteiger partial charge in [0.2, 0.25) is 17.6 Å². The van der Waals surface area contributed by atoms with Crippen LogP contribution in [0.15, 0.2) is 41.4 Å². The van der Waals surface area contributed by atoms with E-state index in [1.54, 1.807) is 24.3 Å². The van der Waals surface area contributed by atoms with Gasteiger partial charge in [-0.1, -0.05) is 23.7 Å². The number of amides is 2. The molecule has 1 aliphatic rings. The summed E-state index contributed by atoms with van der Waals surface area (Å²) in [4.78, 5) is 29.3. The molecule has 0 aromatic heterocycles. The normalized spacial score (nSPS) is 15.8. The molecule has 0 saturated heterocycles. The number of aliphatic imine (C=N–C) groups is 1. The molecular formula is C20H20ClN3O5. The summed E-state index contributed by atoms with van der Waals surface area (Å²) in [5, 5.41) is 5.78. The smallest absolute Gasteiger partial charge is 0.258 e. The third kappa shape index (κ3) is 4.60. The van der Waals surface area contributed by atoms with Crippen molar-refractivity contribution in [2.45, 2.75) is 12.5 Å². The quantitative estimate of drug-likeness (QED) is 0.779. The van der Waals surface area contributed by atoms with Gasteiger partial charge < -0.3 is 14.2 Å². The van der Waals surface area contributed by atoms with Crippen molar-refractivity contribution in [1.29, 1.82) is 0 Å². The van der Waals surface area contributed by atoms with E-state index in [9.17, 15) is 9.59 Å². The Labute approximate surface area is 172 Å². The summed E-state index contributed by atoms with van der Waals surface area (Å²) in [6.45, 7) is 0. The van der Waals surface area contributed by atoms with E-state index < -0.39 is 11.9 Å². The molecule has 1 heterocycles. The molecule has 152 valence electrons. The van der Waals surface area contributed by atoms with E-state index in [2.05, 4.69) is 15.6 Å². The Kier molecular flexibility index (Phi) is 6.23. The van der Waals surface area contributed by atoms with Crippen LogP contribution in [-0.2, 0) is 4.79 Å². The van der Waals surface area contributed by atoms with Gasteiger partial charge in [-0.05, 0) is 29.8 Å². The van der Waals surface area contributed by atoms with Crippen LogP contribution in [0, 0.1) is 0 Å². The molecule has 3 rings (SSSR count). The van der Waals surface area contributed by atoms with Crippen LogP contribution in [-0.4, -0.2) is 39.1 Å². The minimum Gasteiger partial charge on any atom is -0.493 e. The number of carbonyl (C=O) groups is 2. The van der Waals surface area contributed by atoms with Crippen molar-refractivity contribution in [2.24, 2.45) is 4.99 Å². The highest BCUT2D eigenvalue weighted by atomic mass is 35.5. The standard InChI is InChI=1S/C20H20ClN3O5/c1-27-15-8-12(9-16(28-2)18(15)29-3)19(26)24-20-22-14(10-17(25)23-20)11-4-6-13(21)7-5-11/h4-9,14H,10H2,1-3H3,(H2,22,23,24,25,26)/t14-/m0/s1. The van der Waals surface area contributed by atoms with Gasteiger partial charge in [-0.3, -0.25) is 20.2 Å². The van der Waals surface area contributed by atoms with E-state index in [0.717, 1.165) is 5.56 Å².